The summed E-state index contributed by atoms with van der Waals surface area (Å²) in [7, 11) is 0. The second-order valence-electron chi connectivity index (χ2n) is 6.47. The van der Waals surface area contributed by atoms with Crippen molar-refractivity contribution in [2.24, 2.45) is 0 Å². The first-order chi connectivity index (χ1) is 13.3. The van der Waals surface area contributed by atoms with Crippen LogP contribution in [0.15, 0.2) is 27.8 Å². The number of nitrogens with one attached hydrogen (secondary N) is 2. The zero-order valence-electron chi connectivity index (χ0n) is 16.6. The van der Waals surface area contributed by atoms with Crippen molar-refractivity contribution in [1.29, 1.82) is 0 Å². The molecule has 28 heavy (non-hydrogen) atoms. The van der Waals surface area contributed by atoms with Crippen molar-refractivity contribution in [3.63, 3.8) is 0 Å². The Kier molecular flexibility index (Phi) is 8.44. The Hall–Kier alpha value is -1.93. The van der Waals surface area contributed by atoms with Crippen molar-refractivity contribution in [2.45, 2.75) is 45.2 Å². The lowest BCUT2D eigenvalue weighted by Gasteiger charge is -2.11. The molecule has 1 aromatic heterocycles. The maximum Gasteiger partial charge on any atom is 0.226 e. The summed E-state index contributed by atoms with van der Waals surface area (Å²) < 4.78 is 0.904. The first kappa shape index (κ1) is 22.4. The molecule has 0 spiro atoms. The van der Waals surface area contributed by atoms with E-state index >= 15 is 0 Å². The quantitative estimate of drug-likeness (QED) is 0.456. The Morgan fingerprint density at radius 2 is 1.75 bits per heavy atom. The van der Waals surface area contributed by atoms with Gasteiger partial charge in [0.25, 0.3) is 0 Å². The maximum absolute atomic E-state index is 12.1. The summed E-state index contributed by atoms with van der Waals surface area (Å²) in [5.74, 6) is -0.214. The molecular formula is C20H25BrN4O2S. The average Bonchev–Trinajstić information content (AvgIpc) is 2.63. The Morgan fingerprint density at radius 1 is 1.07 bits per heavy atom. The van der Waals surface area contributed by atoms with Crippen LogP contribution >= 0.6 is 27.7 Å². The van der Waals surface area contributed by atoms with E-state index in [2.05, 4.69) is 36.5 Å². The van der Waals surface area contributed by atoms with Crippen molar-refractivity contribution >= 4 is 45.2 Å². The average molecular weight is 465 g/mol. The molecule has 150 valence electrons. The Balaban J connectivity index is 1.77. The number of hydrogen-bond acceptors (Lipinski definition) is 5. The van der Waals surface area contributed by atoms with E-state index in [1.165, 1.54) is 11.8 Å². The number of carbonyl (C=O) groups excluding carboxylic acids is 2. The molecule has 1 aromatic carbocycles. The van der Waals surface area contributed by atoms with Gasteiger partial charge in [0, 0.05) is 40.9 Å². The molecule has 0 fully saturated rings. The summed E-state index contributed by atoms with van der Waals surface area (Å²) in [5, 5.41) is 6.42. The van der Waals surface area contributed by atoms with Gasteiger partial charge in [0.1, 0.15) is 0 Å². The maximum atomic E-state index is 12.1. The normalized spacial score (nSPS) is 10.6. The first-order valence-corrected chi connectivity index (χ1v) is 11.0. The topological polar surface area (TPSA) is 84.0 Å². The van der Waals surface area contributed by atoms with Gasteiger partial charge in [-0.3, -0.25) is 9.59 Å². The van der Waals surface area contributed by atoms with Gasteiger partial charge in [0.05, 0.1) is 0 Å². The van der Waals surface area contributed by atoms with E-state index in [1.807, 2.05) is 45.2 Å². The molecule has 8 heteroatoms. The predicted octanol–water partition coefficient (Wildman–Crippen LogP) is 3.96. The van der Waals surface area contributed by atoms with Crippen LogP contribution in [0.1, 0.15) is 35.4 Å². The Morgan fingerprint density at radius 3 is 2.39 bits per heavy atom. The van der Waals surface area contributed by atoms with Crippen molar-refractivity contribution in [1.82, 2.24) is 15.3 Å². The van der Waals surface area contributed by atoms with Crippen LogP contribution in [0, 0.1) is 20.8 Å². The number of aryl methyl sites for hydroxylation is 3. The molecule has 0 aliphatic rings. The predicted molar refractivity (Wildman–Crippen MR) is 117 cm³/mol. The number of thioether (sulfide) groups is 1. The fraction of sp³-hybridized carbons (Fsp3) is 0.400. The molecule has 0 saturated carbocycles. The van der Waals surface area contributed by atoms with Crippen LogP contribution in [-0.4, -0.2) is 34.6 Å². The monoisotopic (exact) mass is 464 g/mol. The minimum atomic E-state index is -0.130. The molecule has 0 saturated heterocycles. The largest absolute Gasteiger partial charge is 0.356 e. The number of rotatable bonds is 8. The van der Waals surface area contributed by atoms with Gasteiger partial charge >= 0.3 is 0 Å². The van der Waals surface area contributed by atoms with Gasteiger partial charge < -0.3 is 10.6 Å². The van der Waals surface area contributed by atoms with E-state index in [0.29, 0.717) is 19.4 Å². The fourth-order valence-electron chi connectivity index (χ4n) is 2.75. The number of benzene rings is 1. The SMILES string of the molecule is CSc1nc(C)c(CCC(=O)NCCC(=O)Nc2cc(Br)ccc2C)c(C)n1. The molecular weight excluding hydrogens is 440 g/mol. The Bertz CT molecular complexity index is 850. The van der Waals surface area contributed by atoms with Gasteiger partial charge in [0.15, 0.2) is 5.16 Å². The smallest absolute Gasteiger partial charge is 0.226 e. The van der Waals surface area contributed by atoms with E-state index in [0.717, 1.165) is 37.8 Å². The van der Waals surface area contributed by atoms with Crippen molar-refractivity contribution < 1.29 is 9.59 Å². The van der Waals surface area contributed by atoms with Crippen LogP contribution < -0.4 is 10.6 Å². The molecule has 0 aliphatic heterocycles. The molecule has 2 aromatic rings. The summed E-state index contributed by atoms with van der Waals surface area (Å²) in [6, 6.07) is 5.72. The van der Waals surface area contributed by atoms with Gasteiger partial charge in [-0.15, -0.1) is 0 Å². The lowest BCUT2D eigenvalue weighted by Crippen LogP contribution is -2.28. The molecule has 1 heterocycles. The van der Waals surface area contributed by atoms with E-state index in [-0.39, 0.29) is 18.2 Å². The molecule has 0 aliphatic carbocycles. The molecule has 2 rings (SSSR count). The van der Waals surface area contributed by atoms with Gasteiger partial charge in [-0.2, -0.15) is 0 Å². The Labute approximate surface area is 178 Å². The highest BCUT2D eigenvalue weighted by Crippen LogP contribution is 2.20. The van der Waals surface area contributed by atoms with Gasteiger partial charge in [0.2, 0.25) is 11.8 Å². The van der Waals surface area contributed by atoms with Crippen LogP contribution in [-0.2, 0) is 16.0 Å². The minimum absolute atomic E-state index is 0.0841. The summed E-state index contributed by atoms with van der Waals surface area (Å²) in [6.45, 7) is 6.12. The lowest BCUT2D eigenvalue weighted by atomic mass is 10.1. The molecule has 2 amide bonds. The summed E-state index contributed by atoms with van der Waals surface area (Å²) in [5.41, 5.74) is 4.59. The van der Waals surface area contributed by atoms with Gasteiger partial charge in [-0.05, 0) is 56.7 Å². The highest BCUT2D eigenvalue weighted by atomic mass is 79.9. The van der Waals surface area contributed by atoms with Crippen LogP contribution in [0.25, 0.3) is 0 Å². The molecule has 0 bridgehead atoms. The third-order valence-corrected chi connectivity index (χ3v) is 5.37. The van der Waals surface area contributed by atoms with Crippen LogP contribution in [0.3, 0.4) is 0 Å². The van der Waals surface area contributed by atoms with Crippen LogP contribution in [0.5, 0.6) is 0 Å². The first-order valence-electron chi connectivity index (χ1n) is 9.01. The third-order valence-electron chi connectivity index (χ3n) is 4.33. The standard InChI is InChI=1S/C20H25BrN4O2S/c1-12-5-6-15(21)11-17(12)25-19(27)9-10-22-18(26)8-7-16-13(2)23-20(28-4)24-14(16)3/h5-6,11H,7-10H2,1-4H3,(H,22,26)(H,25,27). The third kappa shape index (κ3) is 6.60. The van der Waals surface area contributed by atoms with Crippen molar-refractivity contribution in [3.05, 3.63) is 45.2 Å². The second kappa shape index (κ2) is 10.6. The van der Waals surface area contributed by atoms with E-state index in [9.17, 15) is 9.59 Å². The van der Waals surface area contributed by atoms with Gasteiger partial charge in [-0.25, -0.2) is 9.97 Å². The minimum Gasteiger partial charge on any atom is -0.356 e. The number of aromatic nitrogens is 2. The lowest BCUT2D eigenvalue weighted by molar-refractivity contribution is -0.121. The van der Waals surface area contributed by atoms with Crippen molar-refractivity contribution in [2.75, 3.05) is 18.1 Å². The molecule has 0 atom stereocenters. The second-order valence-corrected chi connectivity index (χ2v) is 8.16. The zero-order valence-corrected chi connectivity index (χ0v) is 19.0. The summed E-state index contributed by atoms with van der Waals surface area (Å²) in [6.07, 6.45) is 3.09. The van der Waals surface area contributed by atoms with E-state index < -0.39 is 0 Å². The van der Waals surface area contributed by atoms with E-state index in [4.69, 9.17) is 0 Å². The number of halogens is 1. The zero-order chi connectivity index (χ0) is 20.7. The van der Waals surface area contributed by atoms with E-state index in [1.54, 1.807) is 0 Å². The van der Waals surface area contributed by atoms with Crippen LogP contribution in [0.4, 0.5) is 5.69 Å². The number of nitrogens with zero attached hydrogens (tertiary/aromatic N) is 2. The van der Waals surface area contributed by atoms with Crippen LogP contribution in [0.2, 0.25) is 0 Å². The van der Waals surface area contributed by atoms with Gasteiger partial charge in [-0.1, -0.05) is 33.8 Å². The molecule has 2 N–H and O–H groups in total. The number of amides is 2. The number of hydrogen-bond donors (Lipinski definition) is 2. The molecule has 0 radical (unpaired) electrons. The highest BCUT2D eigenvalue weighted by Gasteiger charge is 2.11. The summed E-state index contributed by atoms with van der Waals surface area (Å²) >= 11 is 4.90. The molecule has 0 unspecified atom stereocenters. The fourth-order valence-corrected chi connectivity index (χ4v) is 3.56. The highest BCUT2D eigenvalue weighted by molar-refractivity contribution is 9.10. The number of carbonyl (C=O) groups is 2. The van der Waals surface area contributed by atoms with Crippen molar-refractivity contribution in [3.8, 4) is 0 Å². The summed E-state index contributed by atoms with van der Waals surface area (Å²) in [4.78, 5) is 33.1. The number of anilines is 1. The molecule has 6 nitrogen and oxygen atoms in total.